The zero-order chi connectivity index (χ0) is 17.1. The van der Waals surface area contributed by atoms with Gasteiger partial charge in [-0.15, -0.1) is 0 Å². The first-order chi connectivity index (χ1) is 11.5. The van der Waals surface area contributed by atoms with E-state index in [1.54, 1.807) is 0 Å². The predicted octanol–water partition coefficient (Wildman–Crippen LogP) is 3.97. The molecule has 1 aliphatic rings. The van der Waals surface area contributed by atoms with Gasteiger partial charge in [-0.1, -0.05) is 24.3 Å². The van der Waals surface area contributed by atoms with Crippen LogP contribution in [0.4, 0.5) is 16.2 Å². The summed E-state index contributed by atoms with van der Waals surface area (Å²) in [4.78, 5) is 16.7. The average Bonchev–Trinajstić information content (AvgIpc) is 2.54. The number of amides is 2. The van der Waals surface area contributed by atoms with Crippen LogP contribution in [0.2, 0.25) is 0 Å². The molecule has 0 bridgehead atoms. The molecule has 24 heavy (non-hydrogen) atoms. The fourth-order valence-electron chi connectivity index (χ4n) is 3.32. The Hall–Kier alpha value is -2.49. The Labute approximate surface area is 144 Å². The molecular formula is C20H25N3O. The first-order valence-corrected chi connectivity index (χ1v) is 8.48. The van der Waals surface area contributed by atoms with Crippen LogP contribution < -0.4 is 10.2 Å². The molecule has 1 heterocycles. The number of carbonyl (C=O) groups is 1. The van der Waals surface area contributed by atoms with Gasteiger partial charge in [0.05, 0.1) is 0 Å². The van der Waals surface area contributed by atoms with Crippen LogP contribution in [0.3, 0.4) is 0 Å². The molecule has 0 saturated carbocycles. The Morgan fingerprint density at radius 3 is 2.17 bits per heavy atom. The number of rotatable bonds is 2. The zero-order valence-electron chi connectivity index (χ0n) is 14.7. The monoisotopic (exact) mass is 323 g/mol. The number of benzene rings is 2. The number of hydrogen-bond donors (Lipinski definition) is 1. The third kappa shape index (κ3) is 3.70. The summed E-state index contributed by atoms with van der Waals surface area (Å²) in [5.74, 6) is 0. The highest BCUT2D eigenvalue weighted by Crippen LogP contribution is 2.21. The third-order valence-corrected chi connectivity index (χ3v) is 4.50. The number of nitrogens with one attached hydrogen (secondary N) is 1. The SMILES string of the molecule is Cc1cc(C)cc(NC(=O)N2CCN(c3ccccc3C)CC2)c1. The standard InChI is InChI=1S/C20H25N3O/c1-15-12-16(2)14-18(13-15)21-20(24)23-10-8-22(9-11-23)19-7-5-4-6-17(19)3/h4-7,12-14H,8-11H2,1-3H3,(H,21,24). The summed E-state index contributed by atoms with van der Waals surface area (Å²) in [6.07, 6.45) is 0. The van der Waals surface area contributed by atoms with Gasteiger partial charge < -0.3 is 15.1 Å². The highest BCUT2D eigenvalue weighted by Gasteiger charge is 2.22. The fourth-order valence-corrected chi connectivity index (χ4v) is 3.32. The van der Waals surface area contributed by atoms with Gasteiger partial charge >= 0.3 is 6.03 Å². The van der Waals surface area contributed by atoms with E-state index in [9.17, 15) is 4.79 Å². The maximum atomic E-state index is 12.5. The van der Waals surface area contributed by atoms with E-state index in [1.807, 2.05) is 30.9 Å². The number of urea groups is 1. The van der Waals surface area contributed by atoms with Crippen molar-refractivity contribution in [3.63, 3.8) is 0 Å². The number of anilines is 2. The van der Waals surface area contributed by atoms with E-state index in [-0.39, 0.29) is 6.03 Å². The lowest BCUT2D eigenvalue weighted by molar-refractivity contribution is 0.208. The summed E-state index contributed by atoms with van der Waals surface area (Å²) in [5.41, 5.74) is 5.75. The third-order valence-electron chi connectivity index (χ3n) is 4.50. The van der Waals surface area contributed by atoms with Gasteiger partial charge in [0.2, 0.25) is 0 Å². The van der Waals surface area contributed by atoms with E-state index in [1.165, 1.54) is 11.3 Å². The number of nitrogens with zero attached hydrogens (tertiary/aromatic N) is 2. The second kappa shape index (κ2) is 6.95. The molecule has 1 fully saturated rings. The predicted molar refractivity (Wildman–Crippen MR) is 99.9 cm³/mol. The zero-order valence-corrected chi connectivity index (χ0v) is 14.7. The van der Waals surface area contributed by atoms with Crippen molar-refractivity contribution in [3.05, 3.63) is 59.2 Å². The highest BCUT2D eigenvalue weighted by molar-refractivity contribution is 5.89. The van der Waals surface area contributed by atoms with Gasteiger partial charge in [0.25, 0.3) is 0 Å². The maximum Gasteiger partial charge on any atom is 0.321 e. The summed E-state index contributed by atoms with van der Waals surface area (Å²) >= 11 is 0. The van der Waals surface area contributed by atoms with Gasteiger partial charge in [0.1, 0.15) is 0 Å². The largest absolute Gasteiger partial charge is 0.368 e. The minimum Gasteiger partial charge on any atom is -0.368 e. The van der Waals surface area contributed by atoms with E-state index < -0.39 is 0 Å². The van der Waals surface area contributed by atoms with Gasteiger partial charge in [-0.3, -0.25) is 0 Å². The molecule has 2 aromatic rings. The molecule has 4 nitrogen and oxygen atoms in total. The van der Waals surface area contributed by atoms with Crippen molar-refractivity contribution in [2.75, 3.05) is 36.4 Å². The van der Waals surface area contributed by atoms with Gasteiger partial charge in [0.15, 0.2) is 0 Å². The quantitative estimate of drug-likeness (QED) is 0.908. The lowest BCUT2D eigenvalue weighted by atomic mass is 10.1. The summed E-state index contributed by atoms with van der Waals surface area (Å²) in [5, 5.41) is 3.03. The maximum absolute atomic E-state index is 12.5. The molecule has 0 radical (unpaired) electrons. The van der Waals surface area contributed by atoms with E-state index in [4.69, 9.17) is 0 Å². The molecule has 0 aliphatic carbocycles. The van der Waals surface area contributed by atoms with Crippen LogP contribution in [0.1, 0.15) is 16.7 Å². The Kier molecular flexibility index (Phi) is 4.74. The number of hydrogen-bond acceptors (Lipinski definition) is 2. The Balaban J connectivity index is 1.60. The number of piperazine rings is 1. The molecule has 2 amide bonds. The Morgan fingerprint density at radius 1 is 0.917 bits per heavy atom. The van der Waals surface area contributed by atoms with E-state index in [0.29, 0.717) is 0 Å². The molecule has 2 aromatic carbocycles. The first-order valence-electron chi connectivity index (χ1n) is 8.48. The molecule has 0 aromatic heterocycles. The van der Waals surface area contributed by atoms with E-state index in [0.717, 1.165) is 43.0 Å². The lowest BCUT2D eigenvalue weighted by Crippen LogP contribution is -2.50. The van der Waals surface area contributed by atoms with Crippen molar-refractivity contribution < 1.29 is 4.79 Å². The van der Waals surface area contributed by atoms with Crippen molar-refractivity contribution in [1.29, 1.82) is 0 Å². The normalized spacial score (nSPS) is 14.6. The Bertz CT molecular complexity index is 713. The lowest BCUT2D eigenvalue weighted by Gasteiger charge is -2.36. The molecule has 0 spiro atoms. The minimum absolute atomic E-state index is 0.00978. The van der Waals surface area contributed by atoms with Crippen molar-refractivity contribution >= 4 is 17.4 Å². The van der Waals surface area contributed by atoms with E-state index >= 15 is 0 Å². The summed E-state index contributed by atoms with van der Waals surface area (Å²) in [6, 6.07) is 14.5. The molecule has 3 rings (SSSR count). The number of aryl methyl sites for hydroxylation is 3. The summed E-state index contributed by atoms with van der Waals surface area (Å²) in [7, 11) is 0. The van der Waals surface area contributed by atoms with Crippen LogP contribution in [0.25, 0.3) is 0 Å². The molecule has 1 N–H and O–H groups in total. The van der Waals surface area contributed by atoms with Crippen molar-refractivity contribution in [2.24, 2.45) is 0 Å². The molecule has 4 heteroatoms. The van der Waals surface area contributed by atoms with Crippen LogP contribution in [0.5, 0.6) is 0 Å². The molecule has 0 atom stereocenters. The average molecular weight is 323 g/mol. The second-order valence-electron chi connectivity index (χ2n) is 6.57. The van der Waals surface area contributed by atoms with Crippen LogP contribution in [0.15, 0.2) is 42.5 Å². The molecular weight excluding hydrogens is 298 g/mol. The number of para-hydroxylation sites is 1. The van der Waals surface area contributed by atoms with Crippen molar-refractivity contribution in [2.45, 2.75) is 20.8 Å². The van der Waals surface area contributed by atoms with Gasteiger partial charge in [-0.25, -0.2) is 4.79 Å². The topological polar surface area (TPSA) is 35.6 Å². The molecule has 1 saturated heterocycles. The van der Waals surface area contributed by atoms with Gasteiger partial charge in [0, 0.05) is 37.6 Å². The van der Waals surface area contributed by atoms with Gasteiger partial charge in [-0.05, 0) is 55.7 Å². The van der Waals surface area contributed by atoms with Crippen LogP contribution in [-0.4, -0.2) is 37.1 Å². The van der Waals surface area contributed by atoms with Crippen LogP contribution in [0, 0.1) is 20.8 Å². The van der Waals surface area contributed by atoms with Crippen LogP contribution >= 0.6 is 0 Å². The molecule has 0 unspecified atom stereocenters. The molecule has 1 aliphatic heterocycles. The van der Waals surface area contributed by atoms with Crippen molar-refractivity contribution in [3.8, 4) is 0 Å². The minimum atomic E-state index is -0.00978. The van der Waals surface area contributed by atoms with Crippen molar-refractivity contribution in [1.82, 2.24) is 4.90 Å². The van der Waals surface area contributed by atoms with Crippen LogP contribution in [-0.2, 0) is 0 Å². The summed E-state index contributed by atoms with van der Waals surface area (Å²) in [6.45, 7) is 9.44. The fraction of sp³-hybridized carbons (Fsp3) is 0.350. The molecule has 126 valence electrons. The first kappa shape index (κ1) is 16.4. The summed E-state index contributed by atoms with van der Waals surface area (Å²) < 4.78 is 0. The second-order valence-corrected chi connectivity index (χ2v) is 6.57. The van der Waals surface area contributed by atoms with E-state index in [2.05, 4.69) is 47.5 Å². The smallest absolute Gasteiger partial charge is 0.321 e. The number of carbonyl (C=O) groups excluding carboxylic acids is 1. The highest BCUT2D eigenvalue weighted by atomic mass is 16.2. The Morgan fingerprint density at radius 2 is 1.54 bits per heavy atom. The van der Waals surface area contributed by atoms with Gasteiger partial charge in [-0.2, -0.15) is 0 Å².